The fourth-order valence-electron chi connectivity index (χ4n) is 1.38. The van der Waals surface area contributed by atoms with Crippen molar-refractivity contribution in [3.63, 3.8) is 0 Å². The molecule has 0 amide bonds. The number of terminal acetylenes is 1. The monoisotopic (exact) mass is 218 g/mol. The molecule has 1 aromatic rings. The number of unbranched alkanes of at least 4 members (excludes halogenated alkanes) is 1. The van der Waals surface area contributed by atoms with Gasteiger partial charge in [-0.1, -0.05) is 0 Å². The maximum atomic E-state index is 5.65. The molecule has 0 unspecified atom stereocenters. The molecule has 0 aliphatic carbocycles. The smallest absolute Gasteiger partial charge is 0.142 e. The van der Waals surface area contributed by atoms with Crippen molar-refractivity contribution in [3.05, 3.63) is 23.5 Å². The molecule has 1 heterocycles. The summed E-state index contributed by atoms with van der Waals surface area (Å²) in [7, 11) is 1.89. The second-order valence-electron chi connectivity index (χ2n) is 3.58. The molecule has 0 aromatic carbocycles. The Bertz CT molecular complexity index is 369. The Kier molecular flexibility index (Phi) is 5.38. The van der Waals surface area contributed by atoms with Crippen molar-refractivity contribution in [3.8, 4) is 18.1 Å². The Hall–Kier alpha value is -1.53. The lowest BCUT2D eigenvalue weighted by molar-refractivity contribution is 0.307. The van der Waals surface area contributed by atoms with E-state index in [1.807, 2.05) is 26.1 Å². The van der Waals surface area contributed by atoms with E-state index < -0.39 is 0 Å². The lowest BCUT2D eigenvalue weighted by atomic mass is 10.2. The minimum absolute atomic E-state index is 0.644. The van der Waals surface area contributed by atoms with E-state index in [9.17, 15) is 0 Å². The van der Waals surface area contributed by atoms with Gasteiger partial charge in [0.1, 0.15) is 5.75 Å². The normalized spacial score (nSPS) is 9.81. The van der Waals surface area contributed by atoms with Gasteiger partial charge in [0.15, 0.2) is 0 Å². The van der Waals surface area contributed by atoms with Crippen LogP contribution in [0.1, 0.15) is 24.2 Å². The number of aryl methyl sites for hydroxylation is 1. The average Bonchev–Trinajstić information content (AvgIpc) is 2.27. The lowest BCUT2D eigenvalue weighted by Gasteiger charge is -2.10. The van der Waals surface area contributed by atoms with Gasteiger partial charge in [0.05, 0.1) is 12.3 Å². The summed E-state index contributed by atoms with van der Waals surface area (Å²) in [5.41, 5.74) is 1.95. The minimum atomic E-state index is 0.644. The van der Waals surface area contributed by atoms with Gasteiger partial charge in [-0.05, 0) is 32.5 Å². The first-order valence-corrected chi connectivity index (χ1v) is 5.45. The molecule has 0 atom stereocenters. The van der Waals surface area contributed by atoms with Crippen LogP contribution in [-0.4, -0.2) is 18.6 Å². The molecular formula is C13H18N2O. The number of hydrogen-bond donors (Lipinski definition) is 1. The summed E-state index contributed by atoms with van der Waals surface area (Å²) in [6, 6.07) is 3.92. The van der Waals surface area contributed by atoms with E-state index in [0.717, 1.165) is 30.0 Å². The van der Waals surface area contributed by atoms with Gasteiger partial charge in [-0.3, -0.25) is 4.98 Å². The largest absolute Gasteiger partial charge is 0.492 e. The highest BCUT2D eigenvalue weighted by atomic mass is 16.5. The Morgan fingerprint density at radius 3 is 3.00 bits per heavy atom. The Morgan fingerprint density at radius 1 is 1.50 bits per heavy atom. The number of pyridine rings is 1. The molecule has 86 valence electrons. The quantitative estimate of drug-likeness (QED) is 0.585. The molecule has 16 heavy (non-hydrogen) atoms. The van der Waals surface area contributed by atoms with Crippen LogP contribution < -0.4 is 10.1 Å². The molecule has 0 radical (unpaired) electrons. The summed E-state index contributed by atoms with van der Waals surface area (Å²) in [6.45, 7) is 3.33. The molecule has 1 rings (SSSR count). The van der Waals surface area contributed by atoms with E-state index in [2.05, 4.69) is 16.2 Å². The molecule has 0 bridgehead atoms. The fourth-order valence-corrected chi connectivity index (χ4v) is 1.38. The summed E-state index contributed by atoms with van der Waals surface area (Å²) in [6.07, 6.45) is 6.81. The van der Waals surface area contributed by atoms with Crippen LogP contribution in [-0.2, 0) is 6.54 Å². The van der Waals surface area contributed by atoms with E-state index in [4.69, 9.17) is 11.2 Å². The van der Waals surface area contributed by atoms with Gasteiger partial charge < -0.3 is 10.1 Å². The van der Waals surface area contributed by atoms with Gasteiger partial charge in [-0.25, -0.2) is 0 Å². The highest BCUT2D eigenvalue weighted by molar-refractivity contribution is 5.29. The highest BCUT2D eigenvalue weighted by Crippen LogP contribution is 2.17. The molecule has 0 aliphatic rings. The van der Waals surface area contributed by atoms with Crippen molar-refractivity contribution >= 4 is 0 Å². The van der Waals surface area contributed by atoms with E-state index in [-0.39, 0.29) is 0 Å². The Labute approximate surface area is 97.2 Å². The summed E-state index contributed by atoms with van der Waals surface area (Å²) < 4.78 is 5.65. The molecule has 3 nitrogen and oxygen atoms in total. The first-order valence-electron chi connectivity index (χ1n) is 5.45. The van der Waals surface area contributed by atoms with E-state index in [1.165, 1.54) is 0 Å². The lowest BCUT2D eigenvalue weighted by Crippen LogP contribution is -2.10. The molecule has 0 saturated heterocycles. The van der Waals surface area contributed by atoms with Gasteiger partial charge >= 0.3 is 0 Å². The number of hydrogen-bond acceptors (Lipinski definition) is 3. The van der Waals surface area contributed by atoms with Gasteiger partial charge in [0, 0.05) is 18.7 Å². The van der Waals surface area contributed by atoms with Crippen LogP contribution in [0.4, 0.5) is 0 Å². The van der Waals surface area contributed by atoms with Crippen LogP contribution in [0.15, 0.2) is 12.1 Å². The molecular weight excluding hydrogens is 200 g/mol. The third-order valence-corrected chi connectivity index (χ3v) is 2.14. The summed E-state index contributed by atoms with van der Waals surface area (Å²) in [5.74, 6) is 3.44. The van der Waals surface area contributed by atoms with E-state index in [1.54, 1.807) is 0 Å². The molecule has 3 heteroatoms. The Morgan fingerprint density at radius 2 is 2.31 bits per heavy atom. The average molecular weight is 218 g/mol. The molecule has 1 aromatic heterocycles. The first kappa shape index (κ1) is 12.5. The fraction of sp³-hybridized carbons (Fsp3) is 0.462. The zero-order chi connectivity index (χ0) is 11.8. The van der Waals surface area contributed by atoms with Crippen molar-refractivity contribution < 1.29 is 4.74 Å². The number of nitrogens with one attached hydrogen (secondary N) is 1. The van der Waals surface area contributed by atoms with Crippen LogP contribution in [0.3, 0.4) is 0 Å². The van der Waals surface area contributed by atoms with Crippen LogP contribution in [0, 0.1) is 19.3 Å². The third kappa shape index (κ3) is 3.92. The van der Waals surface area contributed by atoms with Crippen LogP contribution in [0.5, 0.6) is 5.75 Å². The van der Waals surface area contributed by atoms with Crippen molar-refractivity contribution in [2.24, 2.45) is 0 Å². The topological polar surface area (TPSA) is 34.1 Å². The standard InChI is InChI=1S/C13H18N2O/c1-4-5-6-9-16-13-8-7-11(2)15-12(13)10-14-3/h1,7-8,14H,5-6,9-10H2,2-3H3. The Balaban J connectivity index is 2.60. The van der Waals surface area contributed by atoms with Crippen molar-refractivity contribution in [2.75, 3.05) is 13.7 Å². The minimum Gasteiger partial charge on any atom is -0.492 e. The van der Waals surface area contributed by atoms with E-state index >= 15 is 0 Å². The van der Waals surface area contributed by atoms with Crippen LogP contribution >= 0.6 is 0 Å². The zero-order valence-corrected chi connectivity index (χ0v) is 9.92. The maximum Gasteiger partial charge on any atom is 0.142 e. The highest BCUT2D eigenvalue weighted by Gasteiger charge is 2.04. The van der Waals surface area contributed by atoms with Crippen molar-refractivity contribution in [1.29, 1.82) is 0 Å². The second-order valence-corrected chi connectivity index (χ2v) is 3.58. The number of rotatable bonds is 6. The summed E-state index contributed by atoms with van der Waals surface area (Å²) in [5, 5.41) is 3.08. The third-order valence-electron chi connectivity index (χ3n) is 2.14. The SMILES string of the molecule is C#CCCCOc1ccc(C)nc1CNC. The molecule has 0 saturated carbocycles. The summed E-state index contributed by atoms with van der Waals surface area (Å²) >= 11 is 0. The zero-order valence-electron chi connectivity index (χ0n) is 9.92. The number of nitrogens with zero attached hydrogens (tertiary/aromatic N) is 1. The predicted octanol–water partition coefficient (Wildman–Crippen LogP) is 1.90. The number of aromatic nitrogens is 1. The van der Waals surface area contributed by atoms with Gasteiger partial charge in [-0.2, -0.15) is 0 Å². The van der Waals surface area contributed by atoms with Crippen LogP contribution in [0.25, 0.3) is 0 Å². The van der Waals surface area contributed by atoms with Gasteiger partial charge in [-0.15, -0.1) is 12.3 Å². The van der Waals surface area contributed by atoms with E-state index in [0.29, 0.717) is 13.2 Å². The van der Waals surface area contributed by atoms with Crippen LogP contribution in [0.2, 0.25) is 0 Å². The summed E-state index contributed by atoms with van der Waals surface area (Å²) in [4.78, 5) is 4.43. The van der Waals surface area contributed by atoms with Gasteiger partial charge in [0.2, 0.25) is 0 Å². The molecule has 0 aliphatic heterocycles. The molecule has 0 fully saturated rings. The first-order chi connectivity index (χ1) is 7.77. The second kappa shape index (κ2) is 6.86. The molecule has 0 spiro atoms. The predicted molar refractivity (Wildman–Crippen MR) is 65.3 cm³/mol. The maximum absolute atomic E-state index is 5.65. The van der Waals surface area contributed by atoms with Gasteiger partial charge in [0.25, 0.3) is 0 Å². The molecule has 1 N–H and O–H groups in total. The van der Waals surface area contributed by atoms with Crippen molar-refractivity contribution in [2.45, 2.75) is 26.3 Å². The number of ether oxygens (including phenoxy) is 1. The van der Waals surface area contributed by atoms with Crippen molar-refractivity contribution in [1.82, 2.24) is 10.3 Å².